The number of nitrogens with one attached hydrogen (secondary N) is 1. The highest BCUT2D eigenvalue weighted by molar-refractivity contribution is 6.20. The number of methoxy groups -OCH3 is 1. The van der Waals surface area contributed by atoms with Crippen LogP contribution in [-0.4, -0.2) is 71.4 Å². The van der Waals surface area contributed by atoms with E-state index in [1.165, 1.54) is 0 Å². The number of rotatable bonds is 10. The summed E-state index contributed by atoms with van der Waals surface area (Å²) in [5, 5.41) is 24.0. The van der Waals surface area contributed by atoms with Gasteiger partial charge in [0.1, 0.15) is 0 Å². The van der Waals surface area contributed by atoms with Gasteiger partial charge in [0.2, 0.25) is 5.91 Å². The van der Waals surface area contributed by atoms with Crippen molar-refractivity contribution in [3.8, 4) is 0 Å². The van der Waals surface area contributed by atoms with Crippen LogP contribution in [0.3, 0.4) is 0 Å². The molecule has 0 saturated carbocycles. The number of likely N-dealkylation sites (N-methyl/N-ethyl adjacent to an activating group) is 1. The Morgan fingerprint density at radius 2 is 1.75 bits per heavy atom. The zero-order valence-electron chi connectivity index (χ0n) is 28.9. The number of carbonyl (C=O) groups is 2. The minimum absolute atomic E-state index is 0.0195. The number of carbonyl (C=O) groups excluding carboxylic acids is 1. The predicted molar refractivity (Wildman–Crippen MR) is 190 cm³/mol. The first-order valence-electron chi connectivity index (χ1n) is 16.4. The quantitative estimate of drug-likeness (QED) is 0.233. The Morgan fingerprint density at radius 1 is 1.04 bits per heavy atom. The predicted octanol–water partition coefficient (Wildman–Crippen LogP) is 6.43. The second-order valence-corrected chi connectivity index (χ2v) is 12.7. The second-order valence-electron chi connectivity index (χ2n) is 12.7. The van der Waals surface area contributed by atoms with E-state index >= 15 is 0 Å². The molecule has 5 aliphatic heterocycles. The summed E-state index contributed by atoms with van der Waals surface area (Å²) in [6.07, 6.45) is 9.85. The van der Waals surface area contributed by atoms with Crippen LogP contribution in [0.2, 0.25) is 0 Å². The molecule has 48 heavy (non-hydrogen) atoms. The largest absolute Gasteiger partial charge is 0.515 e. The zero-order valence-corrected chi connectivity index (χ0v) is 28.9. The van der Waals surface area contributed by atoms with Crippen LogP contribution in [0, 0.1) is 11.8 Å². The molecule has 252 valence electrons. The van der Waals surface area contributed by atoms with Crippen LogP contribution in [0.1, 0.15) is 60.3 Å². The number of ether oxygens (including phenoxy) is 1. The molecule has 0 aromatic rings. The highest BCUT2D eigenvalue weighted by Crippen LogP contribution is 2.43. The molecular weight excluding hydrogens is 606 g/mol. The summed E-state index contributed by atoms with van der Waals surface area (Å²) in [7, 11) is 3.32. The molecule has 8 bridgehead atoms. The molecule has 5 rings (SSSR count). The van der Waals surface area contributed by atoms with Crippen molar-refractivity contribution in [2.45, 2.75) is 60.3 Å². The maximum atomic E-state index is 13.8. The molecule has 10 heteroatoms. The minimum atomic E-state index is -0.898. The second kappa shape index (κ2) is 14.1. The van der Waals surface area contributed by atoms with Gasteiger partial charge in [-0.25, -0.2) is 15.0 Å². The fourth-order valence-corrected chi connectivity index (χ4v) is 6.88. The van der Waals surface area contributed by atoms with Crippen molar-refractivity contribution in [2.24, 2.45) is 26.8 Å². The number of aliphatic carboxylic acids is 1. The van der Waals surface area contributed by atoms with E-state index in [0.717, 1.165) is 74.8 Å². The van der Waals surface area contributed by atoms with E-state index < -0.39 is 5.97 Å². The maximum absolute atomic E-state index is 13.8. The van der Waals surface area contributed by atoms with E-state index in [1.54, 1.807) is 19.1 Å². The van der Waals surface area contributed by atoms with Crippen LogP contribution in [-0.2, 0) is 14.3 Å². The standard InChI is InChI=1S/C38H45N5O5/c1-9-24-20(3)29-16-31-22(5)26(11-12-36(46)47)37(41-31)27(15-35(45)43(7)13-14-48-8)38-28(19-44)23(6)32(42-38)18-34-25(10-2)21(4)30(40-34)17-33(24)39-29/h9,16-19,22,26,41,44H,1,10-15H2,2-8H3,(H,46,47)/b28-19+,31-16?,33-17?,34-18?,37-27?/t22?,26-/m0/s1. The van der Waals surface area contributed by atoms with Crippen molar-refractivity contribution in [1.29, 1.82) is 0 Å². The van der Waals surface area contributed by atoms with Crippen LogP contribution in [0.5, 0.6) is 0 Å². The van der Waals surface area contributed by atoms with Crippen molar-refractivity contribution in [2.75, 3.05) is 27.3 Å². The number of amides is 1. The highest BCUT2D eigenvalue weighted by atomic mass is 16.5. The van der Waals surface area contributed by atoms with Gasteiger partial charge in [-0.3, -0.25) is 9.59 Å². The molecule has 0 radical (unpaired) electrons. The topological polar surface area (TPSA) is 136 Å². The molecule has 0 aliphatic carbocycles. The van der Waals surface area contributed by atoms with Gasteiger partial charge in [0.25, 0.3) is 0 Å². The third-order valence-electron chi connectivity index (χ3n) is 9.90. The molecule has 1 fully saturated rings. The fourth-order valence-electron chi connectivity index (χ4n) is 6.88. The van der Waals surface area contributed by atoms with E-state index in [-0.39, 0.29) is 30.6 Å². The first kappa shape index (κ1) is 34.5. The lowest BCUT2D eigenvalue weighted by molar-refractivity contribution is -0.137. The molecule has 1 unspecified atom stereocenters. The van der Waals surface area contributed by atoms with Crippen LogP contribution < -0.4 is 5.32 Å². The van der Waals surface area contributed by atoms with Gasteiger partial charge in [-0.1, -0.05) is 26.5 Å². The summed E-state index contributed by atoms with van der Waals surface area (Å²) < 4.78 is 5.22. The van der Waals surface area contributed by atoms with Gasteiger partial charge >= 0.3 is 5.97 Å². The molecule has 10 nitrogen and oxygen atoms in total. The lowest BCUT2D eigenvalue weighted by Gasteiger charge is -2.22. The third kappa shape index (κ3) is 6.36. The van der Waals surface area contributed by atoms with Crippen molar-refractivity contribution < 1.29 is 24.5 Å². The summed E-state index contributed by atoms with van der Waals surface area (Å²) in [5.41, 5.74) is 11.7. The first-order chi connectivity index (χ1) is 22.9. The summed E-state index contributed by atoms with van der Waals surface area (Å²) in [6, 6.07) is 0. The van der Waals surface area contributed by atoms with Crippen LogP contribution in [0.25, 0.3) is 0 Å². The Labute approximate surface area is 282 Å². The molecule has 0 spiro atoms. The third-order valence-corrected chi connectivity index (χ3v) is 9.90. The normalized spacial score (nSPS) is 22.9. The van der Waals surface area contributed by atoms with Crippen LogP contribution >= 0.6 is 0 Å². The van der Waals surface area contributed by atoms with Gasteiger partial charge < -0.3 is 25.2 Å². The molecule has 1 amide bonds. The Morgan fingerprint density at radius 3 is 2.40 bits per heavy atom. The van der Waals surface area contributed by atoms with E-state index in [4.69, 9.17) is 19.7 Å². The van der Waals surface area contributed by atoms with Gasteiger partial charge in [0.15, 0.2) is 0 Å². The van der Waals surface area contributed by atoms with E-state index in [1.807, 2.05) is 38.2 Å². The van der Waals surface area contributed by atoms with Crippen molar-refractivity contribution >= 4 is 29.0 Å². The Hall–Kier alpha value is -4.83. The van der Waals surface area contributed by atoms with Crippen molar-refractivity contribution in [3.05, 3.63) is 105 Å². The molecule has 1 saturated heterocycles. The van der Waals surface area contributed by atoms with Gasteiger partial charge in [-0.15, -0.1) is 0 Å². The van der Waals surface area contributed by atoms with Crippen LogP contribution in [0.15, 0.2) is 120 Å². The molecule has 0 aromatic heterocycles. The summed E-state index contributed by atoms with van der Waals surface area (Å²) in [4.78, 5) is 42.4. The van der Waals surface area contributed by atoms with E-state index in [9.17, 15) is 19.8 Å². The summed E-state index contributed by atoms with van der Waals surface area (Å²) in [6.45, 7) is 15.0. The first-order valence-corrected chi connectivity index (χ1v) is 16.4. The number of aliphatic hydroxyl groups is 1. The number of aliphatic hydroxyl groups excluding tert-OH is 1. The summed E-state index contributed by atoms with van der Waals surface area (Å²) >= 11 is 0. The zero-order chi connectivity index (χ0) is 34.9. The molecular formula is C38H45N5O5. The number of hydrogen-bond donors (Lipinski definition) is 3. The Balaban J connectivity index is 1.81. The Bertz CT molecular complexity index is 1820. The van der Waals surface area contributed by atoms with Gasteiger partial charge in [-0.05, 0) is 74.1 Å². The van der Waals surface area contributed by atoms with E-state index in [0.29, 0.717) is 42.1 Å². The molecule has 5 aliphatic rings. The maximum Gasteiger partial charge on any atom is 0.303 e. The SMILES string of the molecule is C=CC1=C(C)C2=NC1=CC1=NC(=CC3=C(C)/C(=C\O)C(=N3)C(CC(=O)N(C)CCOC)=C3NC(=C2)C(C)[C@@H]3CCC(=O)O)C(CC)=C1C. The minimum Gasteiger partial charge on any atom is -0.515 e. The number of fused-ring (bicyclic) bond motifs is 5. The van der Waals surface area contributed by atoms with Crippen LogP contribution in [0.4, 0.5) is 0 Å². The smallest absolute Gasteiger partial charge is 0.303 e. The molecule has 0 aromatic carbocycles. The monoisotopic (exact) mass is 651 g/mol. The van der Waals surface area contributed by atoms with E-state index in [2.05, 4.69) is 32.7 Å². The average molecular weight is 652 g/mol. The number of aliphatic imine (C=N–C) groups is 3. The number of hydrogen-bond acceptors (Lipinski definition) is 8. The summed E-state index contributed by atoms with van der Waals surface area (Å²) in [5.74, 6) is -1.44. The van der Waals surface area contributed by atoms with Gasteiger partial charge in [0.05, 0.1) is 53.5 Å². The number of allylic oxidation sites excluding steroid dienone is 11. The lowest BCUT2D eigenvalue weighted by Crippen LogP contribution is -2.32. The fraction of sp³-hybridized carbons (Fsp3) is 0.395. The Kier molecular flexibility index (Phi) is 10.1. The number of carboxylic acid groups (broad SMARTS) is 1. The lowest BCUT2D eigenvalue weighted by atomic mass is 9.84. The molecule has 3 N–H and O–H groups in total. The molecule has 5 heterocycles. The van der Waals surface area contributed by atoms with Crippen molar-refractivity contribution in [1.82, 2.24) is 10.2 Å². The van der Waals surface area contributed by atoms with Gasteiger partial charge in [0, 0.05) is 67.1 Å². The van der Waals surface area contributed by atoms with Crippen molar-refractivity contribution in [3.63, 3.8) is 0 Å². The average Bonchev–Trinajstić information content (AvgIpc) is 3.73. The van der Waals surface area contributed by atoms with Gasteiger partial charge in [-0.2, -0.15) is 0 Å². The highest BCUT2D eigenvalue weighted by Gasteiger charge is 2.39. The number of carboxylic acids is 1. The number of nitrogens with zero attached hydrogens (tertiary/aromatic N) is 4. The molecule has 2 atom stereocenters.